The van der Waals surface area contributed by atoms with Crippen LogP contribution in [0.1, 0.15) is 18.4 Å². The number of nitrogens with two attached hydrogens (primary N) is 1. The minimum atomic E-state index is -0.0942. The van der Waals surface area contributed by atoms with Crippen molar-refractivity contribution in [2.24, 2.45) is 10.7 Å². The van der Waals surface area contributed by atoms with E-state index in [0.29, 0.717) is 30.5 Å². The van der Waals surface area contributed by atoms with Crippen molar-refractivity contribution in [1.82, 2.24) is 10.2 Å². The van der Waals surface area contributed by atoms with Crippen molar-refractivity contribution >= 4 is 23.8 Å². The maximum atomic E-state index is 12.3. The Morgan fingerprint density at radius 2 is 2.16 bits per heavy atom. The molecule has 1 aromatic rings. The monoisotopic (exact) mass is 362 g/mol. The van der Waals surface area contributed by atoms with E-state index in [9.17, 15) is 4.79 Å². The molecule has 1 aromatic carbocycles. The molecular weight excluding hydrogens is 340 g/mol. The van der Waals surface area contributed by atoms with Crippen molar-refractivity contribution in [3.63, 3.8) is 0 Å². The number of ether oxygens (including phenoxy) is 1. The molecule has 6 nitrogen and oxygen atoms in total. The highest BCUT2D eigenvalue weighted by Crippen LogP contribution is 2.18. The Bertz CT molecular complexity index is 652. The summed E-state index contributed by atoms with van der Waals surface area (Å²) in [5, 5.41) is 3.55. The third-order valence-electron chi connectivity index (χ3n) is 3.84. The molecule has 0 saturated carbocycles. The van der Waals surface area contributed by atoms with Gasteiger partial charge in [0.2, 0.25) is 5.88 Å². The first-order chi connectivity index (χ1) is 12.1. The molecule has 134 valence electrons. The van der Waals surface area contributed by atoms with Crippen LogP contribution in [-0.2, 0) is 11.3 Å². The number of nitrogens with zero attached hydrogens (tertiary/aromatic N) is 2. The summed E-state index contributed by atoms with van der Waals surface area (Å²) < 4.78 is 5.67. The zero-order valence-corrected chi connectivity index (χ0v) is 14.8. The largest absolute Gasteiger partial charge is 0.475 e. The van der Waals surface area contributed by atoms with E-state index in [0.717, 1.165) is 18.4 Å². The summed E-state index contributed by atoms with van der Waals surface area (Å²) >= 11 is 6.09. The molecule has 0 aromatic heterocycles. The number of urea groups is 1. The molecule has 7 heteroatoms. The Morgan fingerprint density at radius 1 is 1.44 bits per heavy atom. The number of piperidine rings is 1. The lowest BCUT2D eigenvalue weighted by atomic mass is 10.1. The molecule has 0 radical (unpaired) electrons. The fourth-order valence-corrected chi connectivity index (χ4v) is 2.70. The minimum absolute atomic E-state index is 0.0131. The Kier molecular flexibility index (Phi) is 7.35. The van der Waals surface area contributed by atoms with E-state index >= 15 is 0 Å². The summed E-state index contributed by atoms with van der Waals surface area (Å²) in [5.74, 6) is 0.347. The number of nitrogens with one attached hydrogen (secondary N) is 1. The molecule has 0 spiro atoms. The average molecular weight is 363 g/mol. The molecular formula is C18H23ClN4O2. The molecule has 1 aliphatic heterocycles. The van der Waals surface area contributed by atoms with Gasteiger partial charge in [0.15, 0.2) is 0 Å². The second kappa shape index (κ2) is 9.74. The van der Waals surface area contributed by atoms with Crippen molar-refractivity contribution in [2.45, 2.75) is 25.5 Å². The molecule has 2 rings (SSSR count). The second-order valence-electron chi connectivity index (χ2n) is 5.61. The van der Waals surface area contributed by atoms with E-state index in [1.54, 1.807) is 11.0 Å². The van der Waals surface area contributed by atoms with Gasteiger partial charge in [0.25, 0.3) is 0 Å². The topological polar surface area (TPSA) is 80.0 Å². The van der Waals surface area contributed by atoms with Crippen LogP contribution < -0.4 is 11.1 Å². The number of benzene rings is 1. The van der Waals surface area contributed by atoms with Crippen molar-refractivity contribution in [1.29, 1.82) is 0 Å². The lowest BCUT2D eigenvalue weighted by Crippen LogP contribution is -2.45. The van der Waals surface area contributed by atoms with Gasteiger partial charge in [-0.3, -0.25) is 0 Å². The Hall–Kier alpha value is -2.47. The Labute approximate surface area is 153 Å². The van der Waals surface area contributed by atoms with Gasteiger partial charge in [-0.15, -0.1) is 0 Å². The highest BCUT2D eigenvalue weighted by Gasteiger charge is 2.24. The van der Waals surface area contributed by atoms with Gasteiger partial charge in [0, 0.05) is 43.7 Å². The van der Waals surface area contributed by atoms with Crippen molar-refractivity contribution < 1.29 is 9.53 Å². The fraction of sp³-hybridized carbons (Fsp3) is 0.333. The smallest absolute Gasteiger partial charge is 0.317 e. The number of aliphatic imine (C=N–C) groups is 1. The second-order valence-corrected chi connectivity index (χ2v) is 6.02. The first-order valence-electron chi connectivity index (χ1n) is 8.13. The molecule has 0 bridgehead atoms. The van der Waals surface area contributed by atoms with Gasteiger partial charge in [-0.2, -0.15) is 0 Å². The quantitative estimate of drug-likeness (QED) is 0.603. The van der Waals surface area contributed by atoms with Crippen molar-refractivity contribution in [3.8, 4) is 0 Å². The Morgan fingerprint density at radius 3 is 2.84 bits per heavy atom. The van der Waals surface area contributed by atoms with Gasteiger partial charge < -0.3 is 20.7 Å². The minimum Gasteiger partial charge on any atom is -0.475 e. The molecule has 0 atom stereocenters. The van der Waals surface area contributed by atoms with Crippen LogP contribution in [-0.4, -0.2) is 36.3 Å². The number of carbonyl (C=O) groups is 1. The third kappa shape index (κ3) is 6.15. The van der Waals surface area contributed by atoms with Crippen LogP contribution in [0.2, 0.25) is 5.02 Å². The standard InChI is InChI=1S/C18H23ClN4O2/c1-14(21-10-4-9-20)25-16-7-11-23(12-8-16)18(24)22-13-15-5-2-3-6-17(15)19/h2-6,9-10,16H,1,7-8,11-13,20H2,(H,22,24)/b9-4-,21-10-. The molecule has 1 saturated heterocycles. The summed E-state index contributed by atoms with van der Waals surface area (Å²) in [6, 6.07) is 7.37. The van der Waals surface area contributed by atoms with E-state index in [-0.39, 0.29) is 12.1 Å². The van der Waals surface area contributed by atoms with Crippen molar-refractivity contribution in [2.75, 3.05) is 13.1 Å². The van der Waals surface area contributed by atoms with E-state index in [1.165, 1.54) is 12.4 Å². The third-order valence-corrected chi connectivity index (χ3v) is 4.20. The van der Waals surface area contributed by atoms with Gasteiger partial charge in [-0.05, 0) is 30.5 Å². The fourth-order valence-electron chi connectivity index (χ4n) is 2.50. The summed E-state index contributed by atoms with van der Waals surface area (Å²) in [7, 11) is 0. The number of carbonyl (C=O) groups excluding carboxylic acids is 1. The molecule has 2 amide bonds. The molecule has 25 heavy (non-hydrogen) atoms. The molecule has 0 unspecified atom stereocenters. The summed E-state index contributed by atoms with van der Waals surface area (Å²) in [6.45, 7) is 5.41. The highest BCUT2D eigenvalue weighted by molar-refractivity contribution is 6.31. The van der Waals surface area contributed by atoms with E-state index < -0.39 is 0 Å². The highest BCUT2D eigenvalue weighted by atomic mass is 35.5. The number of hydrogen-bond acceptors (Lipinski definition) is 4. The predicted molar refractivity (Wildman–Crippen MR) is 100 cm³/mol. The number of rotatable bonds is 6. The normalized spacial score (nSPS) is 15.6. The molecule has 0 aliphatic carbocycles. The SMILES string of the molecule is C=C(/N=C\C=C/N)OC1CCN(C(=O)NCc2ccccc2Cl)CC1. The van der Waals surface area contributed by atoms with Crippen LogP contribution >= 0.6 is 11.6 Å². The molecule has 3 N–H and O–H groups in total. The predicted octanol–water partition coefficient (Wildman–Crippen LogP) is 3.05. The summed E-state index contributed by atoms with van der Waals surface area (Å²) in [6.07, 6.45) is 6.00. The molecule has 1 aliphatic rings. The maximum Gasteiger partial charge on any atom is 0.317 e. The van der Waals surface area contributed by atoms with Gasteiger partial charge >= 0.3 is 6.03 Å². The lowest BCUT2D eigenvalue weighted by Gasteiger charge is -2.32. The first-order valence-corrected chi connectivity index (χ1v) is 8.50. The zero-order valence-electron chi connectivity index (χ0n) is 14.0. The van der Waals surface area contributed by atoms with E-state index in [4.69, 9.17) is 22.1 Å². The van der Waals surface area contributed by atoms with Gasteiger partial charge in [0.05, 0.1) is 0 Å². The summed E-state index contributed by atoms with van der Waals surface area (Å²) in [5.41, 5.74) is 6.12. The average Bonchev–Trinajstić information content (AvgIpc) is 2.61. The summed E-state index contributed by atoms with van der Waals surface area (Å²) in [4.78, 5) is 18.1. The van der Waals surface area contributed by atoms with Gasteiger partial charge in [-0.1, -0.05) is 29.8 Å². The van der Waals surface area contributed by atoms with Crippen LogP contribution in [0, 0.1) is 0 Å². The zero-order chi connectivity index (χ0) is 18.1. The van der Waals surface area contributed by atoms with Crippen LogP contribution in [0.5, 0.6) is 0 Å². The molecule has 1 fully saturated rings. The van der Waals surface area contributed by atoms with Gasteiger partial charge in [-0.25, -0.2) is 9.79 Å². The lowest BCUT2D eigenvalue weighted by molar-refractivity contribution is 0.0598. The number of likely N-dealkylation sites (tertiary alicyclic amines) is 1. The van der Waals surface area contributed by atoms with Gasteiger partial charge in [0.1, 0.15) is 6.10 Å². The number of hydrogen-bond donors (Lipinski definition) is 2. The number of halogens is 1. The number of amides is 2. The van der Waals surface area contributed by atoms with Crippen LogP contribution in [0.25, 0.3) is 0 Å². The van der Waals surface area contributed by atoms with Crippen LogP contribution in [0.15, 0.2) is 54.0 Å². The maximum absolute atomic E-state index is 12.3. The van der Waals surface area contributed by atoms with Crippen LogP contribution in [0.4, 0.5) is 4.79 Å². The van der Waals surface area contributed by atoms with Crippen LogP contribution in [0.3, 0.4) is 0 Å². The molecule has 1 heterocycles. The van der Waals surface area contributed by atoms with E-state index in [1.807, 2.05) is 24.3 Å². The number of allylic oxidation sites excluding steroid dienone is 1. The van der Waals surface area contributed by atoms with E-state index in [2.05, 4.69) is 16.9 Å². The van der Waals surface area contributed by atoms with Crippen molar-refractivity contribution in [3.05, 3.63) is 59.6 Å². The Balaban J connectivity index is 1.73. The first kappa shape index (κ1) is 18.9.